The molecular weight excluding hydrogens is 346 g/mol. The molecule has 130 valence electrons. The zero-order valence-electron chi connectivity index (χ0n) is 14.1. The first-order valence-electron chi connectivity index (χ1n) is 7.70. The number of nitrogens with zero attached hydrogens (tertiary/aromatic N) is 2. The normalized spacial score (nSPS) is 13.7. The van der Waals surface area contributed by atoms with E-state index in [1.807, 2.05) is 27.7 Å². The van der Waals surface area contributed by atoms with Crippen molar-refractivity contribution in [1.29, 1.82) is 0 Å². The Balaban J connectivity index is 2.08. The zero-order valence-corrected chi connectivity index (χ0v) is 15.8. The summed E-state index contributed by atoms with van der Waals surface area (Å²) in [7, 11) is 0. The number of carbonyl (C=O) groups is 2. The van der Waals surface area contributed by atoms with Crippen molar-refractivity contribution in [3.8, 4) is 0 Å². The summed E-state index contributed by atoms with van der Waals surface area (Å²) < 4.78 is 0. The van der Waals surface area contributed by atoms with Crippen LogP contribution >= 0.6 is 23.1 Å². The highest BCUT2D eigenvalue weighted by molar-refractivity contribution is 8.00. The maximum Gasteiger partial charge on any atom is 0.326 e. The number of thiophene rings is 1. The zero-order chi connectivity index (χ0) is 17.9. The fourth-order valence-corrected chi connectivity index (χ4v) is 4.22. The number of aromatic nitrogens is 2. The Labute approximate surface area is 149 Å². The van der Waals surface area contributed by atoms with Crippen molar-refractivity contribution in [2.24, 2.45) is 5.92 Å². The summed E-state index contributed by atoms with van der Waals surface area (Å²) in [5.74, 6) is -1.30. The van der Waals surface area contributed by atoms with Gasteiger partial charge in [-0.3, -0.25) is 4.79 Å². The summed E-state index contributed by atoms with van der Waals surface area (Å²) in [6, 6.07) is -0.862. The van der Waals surface area contributed by atoms with Crippen molar-refractivity contribution >= 4 is 45.2 Å². The quantitative estimate of drug-likeness (QED) is 0.577. The standard InChI is InChI=1S/C16H21N3O3S2/c1-5-8(2)13(16(21)22)19-11(20)6-23-14-12-9(3)10(4)24-15(12)18-7-17-14/h7-8,13H,5-6H2,1-4H3,(H,19,20)(H,21,22)/t8-,13-/m0/s1. The van der Waals surface area contributed by atoms with Crippen LogP contribution < -0.4 is 5.32 Å². The predicted octanol–water partition coefficient (Wildman–Crippen LogP) is 3.02. The Hall–Kier alpha value is -1.67. The molecule has 0 spiro atoms. The second kappa shape index (κ2) is 7.94. The Morgan fingerprint density at radius 2 is 2.08 bits per heavy atom. The molecular formula is C16H21N3O3S2. The van der Waals surface area contributed by atoms with Crippen molar-refractivity contribution < 1.29 is 14.7 Å². The summed E-state index contributed by atoms with van der Waals surface area (Å²) in [6.45, 7) is 7.77. The second-order valence-corrected chi connectivity index (χ2v) is 7.87. The lowest BCUT2D eigenvalue weighted by Gasteiger charge is -2.19. The third-order valence-corrected chi connectivity index (χ3v) is 6.17. The molecule has 2 N–H and O–H groups in total. The lowest BCUT2D eigenvalue weighted by molar-refractivity contribution is -0.143. The number of carboxylic acids is 1. The summed E-state index contributed by atoms with van der Waals surface area (Å²) in [5.41, 5.74) is 1.13. The summed E-state index contributed by atoms with van der Waals surface area (Å²) in [4.78, 5) is 34.1. The van der Waals surface area contributed by atoms with Gasteiger partial charge in [0.05, 0.1) is 5.75 Å². The Kier molecular flexibility index (Phi) is 6.17. The number of nitrogens with one attached hydrogen (secondary N) is 1. The van der Waals surface area contributed by atoms with Gasteiger partial charge in [-0.2, -0.15) is 0 Å². The number of thioether (sulfide) groups is 1. The van der Waals surface area contributed by atoms with E-state index in [4.69, 9.17) is 0 Å². The van der Waals surface area contributed by atoms with Gasteiger partial charge in [0.1, 0.15) is 22.2 Å². The average Bonchev–Trinajstić information content (AvgIpc) is 2.84. The van der Waals surface area contributed by atoms with Gasteiger partial charge in [-0.15, -0.1) is 11.3 Å². The summed E-state index contributed by atoms with van der Waals surface area (Å²) in [5, 5.41) is 13.6. The third-order valence-electron chi connectivity index (χ3n) is 4.07. The molecule has 6 nitrogen and oxygen atoms in total. The first kappa shape index (κ1) is 18.7. The van der Waals surface area contributed by atoms with E-state index >= 15 is 0 Å². The number of hydrogen-bond acceptors (Lipinski definition) is 6. The molecule has 0 saturated heterocycles. The minimum Gasteiger partial charge on any atom is -0.480 e. The predicted molar refractivity (Wildman–Crippen MR) is 96.6 cm³/mol. The average molecular weight is 367 g/mol. The molecule has 0 aromatic carbocycles. The number of hydrogen-bond donors (Lipinski definition) is 2. The molecule has 2 aromatic rings. The smallest absolute Gasteiger partial charge is 0.326 e. The van der Waals surface area contributed by atoms with Crippen molar-refractivity contribution in [3.05, 3.63) is 16.8 Å². The summed E-state index contributed by atoms with van der Waals surface area (Å²) >= 11 is 2.92. The first-order chi connectivity index (χ1) is 11.3. The number of rotatable bonds is 7. The molecule has 0 saturated carbocycles. The fraction of sp³-hybridized carbons (Fsp3) is 0.500. The number of carbonyl (C=O) groups excluding carboxylic acids is 1. The largest absolute Gasteiger partial charge is 0.480 e. The topological polar surface area (TPSA) is 92.2 Å². The molecule has 2 atom stereocenters. The van der Waals surface area contributed by atoms with Gasteiger partial charge in [-0.05, 0) is 25.3 Å². The van der Waals surface area contributed by atoms with Gasteiger partial charge in [0.25, 0.3) is 0 Å². The van der Waals surface area contributed by atoms with Crippen LogP contribution in [0.2, 0.25) is 0 Å². The lowest BCUT2D eigenvalue weighted by atomic mass is 9.99. The molecule has 1 amide bonds. The van der Waals surface area contributed by atoms with Crippen LogP contribution in [-0.2, 0) is 9.59 Å². The minimum absolute atomic E-state index is 0.121. The van der Waals surface area contributed by atoms with Gasteiger partial charge in [0, 0.05) is 10.3 Å². The van der Waals surface area contributed by atoms with Crippen LogP contribution in [0, 0.1) is 19.8 Å². The monoisotopic (exact) mass is 367 g/mol. The number of aryl methyl sites for hydroxylation is 2. The molecule has 0 unspecified atom stereocenters. The minimum atomic E-state index is -1.00. The third kappa shape index (κ3) is 4.05. The molecule has 24 heavy (non-hydrogen) atoms. The number of amides is 1. The van der Waals surface area contributed by atoms with Gasteiger partial charge in [0.15, 0.2) is 0 Å². The van der Waals surface area contributed by atoms with E-state index in [-0.39, 0.29) is 17.6 Å². The van der Waals surface area contributed by atoms with E-state index in [0.717, 1.165) is 20.8 Å². The van der Waals surface area contributed by atoms with Crippen LogP contribution in [0.4, 0.5) is 0 Å². The van der Waals surface area contributed by atoms with Crippen LogP contribution in [0.1, 0.15) is 30.7 Å². The van der Waals surface area contributed by atoms with Gasteiger partial charge in [-0.25, -0.2) is 14.8 Å². The number of fused-ring (bicyclic) bond motifs is 1. The second-order valence-electron chi connectivity index (χ2n) is 5.70. The van der Waals surface area contributed by atoms with Crippen LogP contribution in [0.15, 0.2) is 11.4 Å². The van der Waals surface area contributed by atoms with E-state index in [0.29, 0.717) is 6.42 Å². The molecule has 2 rings (SSSR count). The highest BCUT2D eigenvalue weighted by Gasteiger charge is 2.25. The van der Waals surface area contributed by atoms with E-state index in [9.17, 15) is 14.7 Å². The van der Waals surface area contributed by atoms with Crippen molar-refractivity contribution in [2.75, 3.05) is 5.75 Å². The highest BCUT2D eigenvalue weighted by Crippen LogP contribution is 2.34. The maximum absolute atomic E-state index is 12.1. The van der Waals surface area contributed by atoms with Crippen molar-refractivity contribution in [1.82, 2.24) is 15.3 Å². The van der Waals surface area contributed by atoms with E-state index in [1.54, 1.807) is 11.3 Å². The van der Waals surface area contributed by atoms with E-state index < -0.39 is 12.0 Å². The van der Waals surface area contributed by atoms with Crippen LogP contribution in [0.25, 0.3) is 10.2 Å². The van der Waals surface area contributed by atoms with Crippen molar-refractivity contribution in [3.63, 3.8) is 0 Å². The van der Waals surface area contributed by atoms with Gasteiger partial charge < -0.3 is 10.4 Å². The fourth-order valence-electron chi connectivity index (χ4n) is 2.29. The Morgan fingerprint density at radius 3 is 2.71 bits per heavy atom. The number of aliphatic carboxylic acids is 1. The van der Waals surface area contributed by atoms with Gasteiger partial charge >= 0.3 is 5.97 Å². The van der Waals surface area contributed by atoms with Crippen LogP contribution in [0.5, 0.6) is 0 Å². The van der Waals surface area contributed by atoms with Crippen LogP contribution in [-0.4, -0.2) is 38.7 Å². The van der Waals surface area contributed by atoms with Crippen molar-refractivity contribution in [2.45, 2.75) is 45.2 Å². The molecule has 2 heterocycles. The highest BCUT2D eigenvalue weighted by atomic mass is 32.2. The molecule has 0 fully saturated rings. The molecule has 0 aliphatic heterocycles. The maximum atomic E-state index is 12.1. The van der Waals surface area contributed by atoms with E-state index in [1.165, 1.54) is 23.0 Å². The summed E-state index contributed by atoms with van der Waals surface area (Å²) in [6.07, 6.45) is 2.18. The first-order valence-corrected chi connectivity index (χ1v) is 9.51. The van der Waals surface area contributed by atoms with Gasteiger partial charge in [-0.1, -0.05) is 32.0 Å². The number of carboxylic acid groups (broad SMARTS) is 1. The molecule has 0 aliphatic rings. The molecule has 8 heteroatoms. The molecule has 0 aliphatic carbocycles. The molecule has 0 radical (unpaired) electrons. The Morgan fingerprint density at radius 1 is 1.38 bits per heavy atom. The van der Waals surface area contributed by atoms with Crippen LogP contribution in [0.3, 0.4) is 0 Å². The molecule has 0 bridgehead atoms. The lowest BCUT2D eigenvalue weighted by Crippen LogP contribution is -2.45. The Bertz CT molecular complexity index is 760. The van der Waals surface area contributed by atoms with Gasteiger partial charge in [0.2, 0.25) is 5.91 Å². The molecule has 2 aromatic heterocycles. The van der Waals surface area contributed by atoms with E-state index in [2.05, 4.69) is 15.3 Å². The SMILES string of the molecule is CC[C@H](C)[C@H](NC(=O)CSc1ncnc2sc(C)c(C)c12)C(=O)O.